The lowest BCUT2D eigenvalue weighted by Gasteiger charge is -2.52. The molecule has 1 spiro atoms. The van der Waals surface area contributed by atoms with Crippen molar-refractivity contribution in [3.63, 3.8) is 0 Å². The van der Waals surface area contributed by atoms with Crippen molar-refractivity contribution in [2.75, 3.05) is 6.61 Å². The van der Waals surface area contributed by atoms with Crippen molar-refractivity contribution in [3.8, 4) is 6.01 Å². The van der Waals surface area contributed by atoms with E-state index in [0.29, 0.717) is 23.5 Å². The van der Waals surface area contributed by atoms with Crippen LogP contribution in [0.4, 0.5) is 13.2 Å². The monoisotopic (exact) mass is 534 g/mol. The molecule has 0 radical (unpaired) electrons. The Bertz CT molecular complexity index is 1270. The van der Waals surface area contributed by atoms with Crippen molar-refractivity contribution >= 4 is 5.78 Å². The fraction of sp³-hybridized carbons (Fsp3) is 0.679. The molecule has 2 heterocycles. The molecule has 2 saturated carbocycles. The highest BCUT2D eigenvalue weighted by Gasteiger charge is 2.77. The minimum absolute atomic E-state index is 0.0278. The van der Waals surface area contributed by atoms with Gasteiger partial charge in [0.1, 0.15) is 6.10 Å². The standard InChI is InChI=1S/C28H33F3N2O5/c1-13-11-26-14(2)9-17-19(24(17,3)4)16(20(26)34)10-15-12-36-25(5,6)38-22(15)27(26,35)21(13)37-23-32-8-7-18(33-23)28(29,30)31/h7-8,10-11,14,16-17,19,21-22,35H,9,12H2,1-6H3/t14-,16+,17-,19+,21+,22-,26?,27-/m1/s1. The van der Waals surface area contributed by atoms with Crippen LogP contribution in [0.5, 0.6) is 6.01 Å². The van der Waals surface area contributed by atoms with Gasteiger partial charge in [-0.25, -0.2) is 4.98 Å². The van der Waals surface area contributed by atoms with Gasteiger partial charge in [0.25, 0.3) is 0 Å². The zero-order chi connectivity index (χ0) is 27.6. The third-order valence-corrected chi connectivity index (χ3v) is 9.82. The van der Waals surface area contributed by atoms with Gasteiger partial charge >= 0.3 is 12.2 Å². The highest BCUT2D eigenvalue weighted by atomic mass is 19.4. The topological polar surface area (TPSA) is 90.8 Å². The molecular weight excluding hydrogens is 501 g/mol. The molecule has 2 bridgehead atoms. The van der Waals surface area contributed by atoms with Gasteiger partial charge < -0.3 is 19.3 Å². The van der Waals surface area contributed by atoms with Crippen LogP contribution in [0.1, 0.15) is 53.7 Å². The number of carbonyl (C=O) groups excluding carboxylic acids is 1. The molecule has 0 aromatic carbocycles. The molecule has 3 fully saturated rings. The molecular formula is C28H33F3N2O5. The quantitative estimate of drug-likeness (QED) is 0.559. The number of hydrogen-bond acceptors (Lipinski definition) is 7. The maximum atomic E-state index is 14.6. The van der Waals surface area contributed by atoms with E-state index in [1.165, 1.54) is 0 Å². The largest absolute Gasteiger partial charge is 0.452 e. The van der Waals surface area contributed by atoms with Gasteiger partial charge in [-0.15, -0.1) is 0 Å². The summed E-state index contributed by atoms with van der Waals surface area (Å²) in [5.74, 6) is -1.51. The number of allylic oxidation sites excluding steroid dienone is 1. The van der Waals surface area contributed by atoms with Gasteiger partial charge in [0.05, 0.1) is 12.0 Å². The van der Waals surface area contributed by atoms with Crippen LogP contribution in [0.15, 0.2) is 35.6 Å². The summed E-state index contributed by atoms with van der Waals surface area (Å²) >= 11 is 0. The first-order valence-corrected chi connectivity index (χ1v) is 13.1. The lowest BCUT2D eigenvalue weighted by atomic mass is 9.59. The second kappa shape index (κ2) is 7.67. The van der Waals surface area contributed by atoms with Gasteiger partial charge in [0, 0.05) is 12.1 Å². The zero-order valence-electron chi connectivity index (χ0n) is 22.3. The average molecular weight is 535 g/mol. The Hall–Kier alpha value is -2.30. The van der Waals surface area contributed by atoms with E-state index < -0.39 is 52.8 Å². The minimum atomic E-state index is -4.70. The number of halogens is 3. The second-order valence-electron chi connectivity index (χ2n) is 12.7. The van der Waals surface area contributed by atoms with Crippen LogP contribution in [0.2, 0.25) is 0 Å². The fourth-order valence-electron chi connectivity index (χ4n) is 7.96. The van der Waals surface area contributed by atoms with Crippen LogP contribution in [-0.4, -0.2) is 51.1 Å². The summed E-state index contributed by atoms with van der Waals surface area (Å²) in [4.78, 5) is 22.1. The average Bonchev–Trinajstić information content (AvgIpc) is 3.31. The SMILES string of the molecule is CC1=CC23C(=O)[C@@H](C=C4COC(C)(C)O[C@H]4[C@]2(O)[C@H]1Oc1nccc(C(F)(F)F)n1)[C@H]1[C@@H](C[C@H]3C)C1(C)C. The van der Waals surface area contributed by atoms with Crippen LogP contribution in [0.3, 0.4) is 0 Å². The van der Waals surface area contributed by atoms with E-state index in [1.54, 1.807) is 26.8 Å². The number of Topliss-reactive ketones (excluding diaryl/α,β-unsaturated/α-hetero) is 1. The van der Waals surface area contributed by atoms with E-state index in [9.17, 15) is 23.1 Å². The summed E-state index contributed by atoms with van der Waals surface area (Å²) in [5.41, 5.74) is -3.36. The summed E-state index contributed by atoms with van der Waals surface area (Å²) in [6, 6.07) is 0.227. The van der Waals surface area contributed by atoms with Crippen molar-refractivity contribution < 1.29 is 37.3 Å². The predicted molar refractivity (Wildman–Crippen MR) is 129 cm³/mol. The Morgan fingerprint density at radius 2 is 1.92 bits per heavy atom. The number of ether oxygens (including phenoxy) is 3. The number of ketones is 1. The summed E-state index contributed by atoms with van der Waals surface area (Å²) in [7, 11) is 0. The van der Waals surface area contributed by atoms with Crippen molar-refractivity contribution in [1.29, 1.82) is 0 Å². The molecule has 1 aliphatic heterocycles. The van der Waals surface area contributed by atoms with Gasteiger partial charge in [-0.05, 0) is 67.6 Å². The van der Waals surface area contributed by atoms with E-state index in [4.69, 9.17) is 14.2 Å². The summed E-state index contributed by atoms with van der Waals surface area (Å²) in [6.07, 6.45) is -1.52. The number of hydrogen-bond donors (Lipinski definition) is 1. The Morgan fingerprint density at radius 1 is 1.21 bits per heavy atom. The van der Waals surface area contributed by atoms with Gasteiger partial charge in [-0.1, -0.05) is 32.9 Å². The van der Waals surface area contributed by atoms with Crippen LogP contribution in [0, 0.1) is 34.5 Å². The highest BCUT2D eigenvalue weighted by Crippen LogP contribution is 2.72. The maximum absolute atomic E-state index is 14.6. The summed E-state index contributed by atoms with van der Waals surface area (Å²) < 4.78 is 58.5. The Morgan fingerprint density at radius 3 is 2.61 bits per heavy atom. The maximum Gasteiger partial charge on any atom is 0.433 e. The van der Waals surface area contributed by atoms with Crippen LogP contribution in [0.25, 0.3) is 0 Å². The normalized spacial score (nSPS) is 42.5. The fourth-order valence-corrected chi connectivity index (χ4v) is 7.96. The summed E-state index contributed by atoms with van der Waals surface area (Å²) in [6.45, 7) is 11.7. The molecule has 38 heavy (non-hydrogen) atoms. The Kier molecular flexibility index (Phi) is 5.23. The first kappa shape index (κ1) is 26.0. The van der Waals surface area contributed by atoms with E-state index >= 15 is 0 Å². The van der Waals surface area contributed by atoms with Crippen LogP contribution >= 0.6 is 0 Å². The number of carbonyl (C=O) groups is 1. The molecule has 0 amide bonds. The van der Waals surface area contributed by atoms with Crippen molar-refractivity contribution in [1.82, 2.24) is 9.97 Å². The van der Waals surface area contributed by atoms with Crippen molar-refractivity contribution in [2.45, 2.75) is 77.7 Å². The zero-order valence-corrected chi connectivity index (χ0v) is 22.3. The smallest absolute Gasteiger partial charge is 0.433 e. The van der Waals surface area contributed by atoms with Gasteiger partial charge in [-0.3, -0.25) is 4.79 Å². The second-order valence-corrected chi connectivity index (χ2v) is 12.7. The van der Waals surface area contributed by atoms with Gasteiger partial charge in [0.15, 0.2) is 29.0 Å². The van der Waals surface area contributed by atoms with E-state index in [2.05, 4.69) is 23.8 Å². The molecule has 1 N–H and O–H groups in total. The molecule has 1 aromatic rings. The number of aliphatic hydroxyl groups is 1. The van der Waals surface area contributed by atoms with E-state index in [-0.39, 0.29) is 29.6 Å². The lowest BCUT2D eigenvalue weighted by molar-refractivity contribution is -0.301. The molecule has 4 aliphatic carbocycles. The van der Waals surface area contributed by atoms with Gasteiger partial charge in [0.2, 0.25) is 0 Å². The Labute approximate surface area is 219 Å². The molecule has 7 nitrogen and oxygen atoms in total. The highest BCUT2D eigenvalue weighted by molar-refractivity contribution is 5.95. The third-order valence-electron chi connectivity index (χ3n) is 9.82. The first-order chi connectivity index (χ1) is 17.5. The van der Waals surface area contributed by atoms with Crippen LogP contribution < -0.4 is 4.74 Å². The van der Waals surface area contributed by atoms with E-state index in [1.807, 2.05) is 13.0 Å². The minimum Gasteiger partial charge on any atom is -0.452 e. The van der Waals surface area contributed by atoms with Gasteiger partial charge in [-0.2, -0.15) is 18.2 Å². The molecule has 10 heteroatoms. The molecule has 8 atom stereocenters. The number of aromatic nitrogens is 2. The molecule has 1 unspecified atom stereocenters. The first-order valence-electron chi connectivity index (χ1n) is 13.1. The molecule has 1 aromatic heterocycles. The van der Waals surface area contributed by atoms with Crippen molar-refractivity contribution in [3.05, 3.63) is 41.3 Å². The molecule has 5 aliphatic rings. The lowest BCUT2D eigenvalue weighted by Crippen LogP contribution is -2.68. The predicted octanol–water partition coefficient (Wildman–Crippen LogP) is 4.51. The Balaban J connectivity index is 1.52. The number of fused-ring (bicyclic) bond motifs is 5. The molecule has 6 rings (SSSR count). The van der Waals surface area contributed by atoms with E-state index in [0.717, 1.165) is 12.3 Å². The van der Waals surface area contributed by atoms with Crippen LogP contribution in [-0.2, 0) is 20.4 Å². The third kappa shape index (κ3) is 3.29. The number of nitrogens with zero attached hydrogens (tertiary/aromatic N) is 2. The molecule has 1 saturated heterocycles. The summed E-state index contributed by atoms with van der Waals surface area (Å²) in [5, 5.41) is 12.9. The number of rotatable bonds is 2. The number of alkyl halides is 3. The molecule has 206 valence electrons. The van der Waals surface area contributed by atoms with Crippen molar-refractivity contribution in [2.24, 2.45) is 34.5 Å².